The molecule has 4 rings (SSSR count). The third kappa shape index (κ3) is 2.90. The van der Waals surface area contributed by atoms with Gasteiger partial charge in [-0.15, -0.1) is 11.8 Å². The van der Waals surface area contributed by atoms with Crippen LogP contribution in [-0.2, 0) is 23.9 Å². The number of nitrogens with zero attached hydrogens (tertiary/aromatic N) is 2. The van der Waals surface area contributed by atoms with Crippen LogP contribution in [0.25, 0.3) is 0 Å². The van der Waals surface area contributed by atoms with Gasteiger partial charge in [0.1, 0.15) is 17.1 Å². The first-order valence-electron chi connectivity index (χ1n) is 9.16. The first-order valence-corrected chi connectivity index (χ1v) is 10.2. The molecule has 0 bridgehead atoms. The lowest BCUT2D eigenvalue weighted by Gasteiger charge is -2.51. The van der Waals surface area contributed by atoms with Crippen molar-refractivity contribution in [1.82, 2.24) is 9.80 Å². The quantitative estimate of drug-likeness (QED) is 0.303. The number of β-lactam (4-membered cyclic amide) rings is 1. The molecule has 0 spiro atoms. The molecule has 3 amide bonds. The van der Waals surface area contributed by atoms with Crippen LogP contribution in [0.1, 0.15) is 40.1 Å². The van der Waals surface area contributed by atoms with Crippen LogP contribution < -0.4 is 0 Å². The molecule has 1 unspecified atom stereocenters. The van der Waals surface area contributed by atoms with E-state index in [2.05, 4.69) is 4.74 Å². The van der Waals surface area contributed by atoms with Crippen molar-refractivity contribution in [3.8, 4) is 0 Å². The molecule has 1 aromatic rings. The number of fused-ring (bicyclic) bond motifs is 2. The Labute approximate surface area is 176 Å². The summed E-state index contributed by atoms with van der Waals surface area (Å²) < 4.78 is 9.55. The van der Waals surface area contributed by atoms with Crippen LogP contribution in [0.15, 0.2) is 29.5 Å². The van der Waals surface area contributed by atoms with Gasteiger partial charge in [-0.25, -0.2) is 4.79 Å². The highest BCUT2D eigenvalue weighted by Crippen LogP contribution is 2.44. The molecule has 0 N–H and O–H groups in total. The third-order valence-corrected chi connectivity index (χ3v) is 6.62. The molecule has 1 aromatic carbocycles. The predicted molar refractivity (Wildman–Crippen MR) is 104 cm³/mol. The summed E-state index contributed by atoms with van der Waals surface area (Å²) >= 11 is 1.36. The van der Waals surface area contributed by atoms with E-state index < -0.39 is 47.9 Å². The van der Waals surface area contributed by atoms with E-state index in [1.165, 1.54) is 23.6 Å². The molecule has 1 fully saturated rings. The highest BCUT2D eigenvalue weighted by molar-refractivity contribution is 8.00. The number of hydrogen-bond donors (Lipinski definition) is 0. The fraction of sp³-hybridized carbons (Fsp3) is 0.350. The normalized spacial score (nSPS) is 22.6. The molecule has 10 heteroatoms. The van der Waals surface area contributed by atoms with E-state index >= 15 is 0 Å². The van der Waals surface area contributed by atoms with Gasteiger partial charge in [-0.2, -0.15) is 0 Å². The molecule has 0 saturated carbocycles. The van der Waals surface area contributed by atoms with Gasteiger partial charge in [-0.1, -0.05) is 12.1 Å². The van der Waals surface area contributed by atoms with Crippen molar-refractivity contribution in [2.24, 2.45) is 0 Å². The van der Waals surface area contributed by atoms with Crippen LogP contribution in [0, 0.1) is 6.92 Å². The third-order valence-electron chi connectivity index (χ3n) is 5.21. The Bertz CT molecular complexity index is 1050. The summed E-state index contributed by atoms with van der Waals surface area (Å²) in [6, 6.07) is 4.00. The van der Waals surface area contributed by atoms with E-state index in [0.717, 1.165) is 4.90 Å². The van der Waals surface area contributed by atoms with Gasteiger partial charge >= 0.3 is 11.9 Å². The number of carbonyl (C=O) groups excluding carboxylic acids is 5. The average molecular weight is 430 g/mol. The minimum absolute atomic E-state index is 0.0555. The number of aryl methyl sites for hydroxylation is 1. The Balaban J connectivity index is 1.57. The van der Waals surface area contributed by atoms with Crippen LogP contribution in [0.4, 0.5) is 0 Å². The van der Waals surface area contributed by atoms with Gasteiger partial charge in [-0.05, 0) is 31.1 Å². The molecule has 0 aromatic heterocycles. The van der Waals surface area contributed by atoms with Gasteiger partial charge in [0.2, 0.25) is 6.79 Å². The number of benzene rings is 1. The van der Waals surface area contributed by atoms with Crippen LogP contribution in [0.2, 0.25) is 0 Å². The van der Waals surface area contributed by atoms with Crippen molar-refractivity contribution in [3.05, 3.63) is 46.2 Å². The van der Waals surface area contributed by atoms with Gasteiger partial charge in [0.05, 0.1) is 11.1 Å². The lowest BCUT2D eigenvalue weighted by molar-refractivity contribution is -0.167. The highest BCUT2D eigenvalue weighted by Gasteiger charge is 2.60. The molecular weight excluding hydrogens is 412 g/mol. The topological polar surface area (TPSA) is 110 Å². The van der Waals surface area contributed by atoms with Crippen molar-refractivity contribution in [1.29, 1.82) is 0 Å². The van der Waals surface area contributed by atoms with Crippen molar-refractivity contribution in [2.45, 2.75) is 32.2 Å². The average Bonchev–Trinajstić information content (AvgIpc) is 2.94. The maximum absolute atomic E-state index is 13.0. The lowest BCUT2D eigenvalue weighted by Crippen LogP contribution is -2.71. The summed E-state index contributed by atoms with van der Waals surface area (Å²) in [7, 11) is 0. The molecule has 1 saturated heterocycles. The Morgan fingerprint density at radius 3 is 2.50 bits per heavy atom. The number of rotatable bonds is 4. The fourth-order valence-corrected chi connectivity index (χ4v) is 5.14. The Morgan fingerprint density at radius 2 is 1.83 bits per heavy atom. The number of hydrogen-bond acceptors (Lipinski definition) is 8. The summed E-state index contributed by atoms with van der Waals surface area (Å²) in [6.45, 7) is 4.05. The van der Waals surface area contributed by atoms with E-state index in [4.69, 9.17) is 4.74 Å². The van der Waals surface area contributed by atoms with Gasteiger partial charge in [0.25, 0.3) is 17.7 Å². The van der Waals surface area contributed by atoms with Crippen LogP contribution >= 0.6 is 11.8 Å². The molecule has 30 heavy (non-hydrogen) atoms. The summed E-state index contributed by atoms with van der Waals surface area (Å²) in [5.41, 5.74) is 1.93. The molecule has 2 atom stereocenters. The van der Waals surface area contributed by atoms with Crippen molar-refractivity contribution < 1.29 is 33.4 Å². The largest absolute Gasteiger partial charge is 0.428 e. The zero-order chi connectivity index (χ0) is 21.7. The van der Waals surface area contributed by atoms with Crippen LogP contribution in [-0.4, -0.2) is 63.4 Å². The Hall–Kier alpha value is -3.14. The van der Waals surface area contributed by atoms with Crippen molar-refractivity contribution in [3.63, 3.8) is 0 Å². The first kappa shape index (κ1) is 20.1. The predicted octanol–water partition coefficient (Wildman–Crippen LogP) is 1.21. The maximum atomic E-state index is 13.0. The van der Waals surface area contributed by atoms with E-state index in [0.29, 0.717) is 22.5 Å². The second-order valence-electron chi connectivity index (χ2n) is 7.15. The van der Waals surface area contributed by atoms with E-state index in [1.807, 2.05) is 0 Å². The molecule has 0 radical (unpaired) electrons. The lowest BCUT2D eigenvalue weighted by atomic mass is 10.0. The summed E-state index contributed by atoms with van der Waals surface area (Å²) in [5, 5.41) is -0.583. The number of amides is 3. The van der Waals surface area contributed by atoms with Crippen LogP contribution in [0.3, 0.4) is 0 Å². The van der Waals surface area contributed by atoms with Crippen LogP contribution in [0.5, 0.6) is 0 Å². The van der Waals surface area contributed by atoms with E-state index in [1.54, 1.807) is 32.0 Å². The molecule has 3 heterocycles. The van der Waals surface area contributed by atoms with Gasteiger partial charge in [0, 0.05) is 12.7 Å². The number of thioether (sulfide) groups is 1. The Kier molecular flexibility index (Phi) is 4.89. The molecule has 3 aliphatic rings. The monoisotopic (exact) mass is 430 g/mol. The second-order valence-corrected chi connectivity index (χ2v) is 8.25. The number of ether oxygens (including phenoxy) is 2. The number of carbonyl (C=O) groups is 5. The molecule has 0 aliphatic carbocycles. The second kappa shape index (κ2) is 7.28. The Morgan fingerprint density at radius 1 is 1.10 bits per heavy atom. The molecule has 9 nitrogen and oxygen atoms in total. The van der Waals surface area contributed by atoms with Gasteiger partial charge < -0.3 is 9.47 Å². The zero-order valence-corrected chi connectivity index (χ0v) is 17.3. The minimum Gasteiger partial charge on any atom is -0.428 e. The smallest absolute Gasteiger partial charge is 0.357 e. The zero-order valence-electron chi connectivity index (χ0n) is 16.5. The van der Waals surface area contributed by atoms with E-state index in [-0.39, 0.29) is 11.3 Å². The van der Waals surface area contributed by atoms with Crippen molar-refractivity contribution >= 4 is 41.4 Å². The van der Waals surface area contributed by atoms with E-state index in [9.17, 15) is 24.0 Å². The first-order chi connectivity index (χ1) is 14.2. The van der Waals surface area contributed by atoms with Crippen molar-refractivity contribution in [2.75, 3.05) is 12.5 Å². The highest BCUT2D eigenvalue weighted by atomic mass is 32.2. The molecule has 3 aliphatic heterocycles. The molecule has 156 valence electrons. The summed E-state index contributed by atoms with van der Waals surface area (Å²) in [4.78, 5) is 64.4. The SMILES string of the molecule is CC(=O)OCOC(=O)C1=C(C)CS[C@@H]2C(N3C(=O)c4cccc(C)c4C3=O)C(=O)N12. The summed E-state index contributed by atoms with van der Waals surface area (Å²) in [6.07, 6.45) is 0. The fourth-order valence-electron chi connectivity index (χ4n) is 3.81. The van der Waals surface area contributed by atoms with Gasteiger partial charge in [-0.3, -0.25) is 29.0 Å². The minimum atomic E-state index is -0.994. The van der Waals surface area contributed by atoms with Gasteiger partial charge in [0.15, 0.2) is 0 Å². The molecular formula is C20H18N2O7S. The number of esters is 2. The maximum Gasteiger partial charge on any atom is 0.357 e. The standard InChI is InChI=1S/C20H18N2O7S/c1-9-5-4-6-12-13(9)17(25)21(16(12)24)15-18(26)22-14(10(2)7-30-19(15)22)20(27)29-8-28-11(3)23/h4-6,15,19H,7-8H2,1-3H3/t15?,19-/m1/s1. The number of imide groups is 1. The summed E-state index contributed by atoms with van der Waals surface area (Å²) in [5.74, 6) is -2.53.